The van der Waals surface area contributed by atoms with Crippen molar-refractivity contribution in [3.8, 4) is 5.88 Å². The van der Waals surface area contributed by atoms with Crippen LogP contribution in [0, 0.1) is 5.92 Å². The fraction of sp³-hybridized carbons (Fsp3) is 0.571. The lowest BCUT2D eigenvalue weighted by atomic mass is 9.85. The minimum absolute atomic E-state index is 0.0567. The van der Waals surface area contributed by atoms with Gasteiger partial charge in [0.05, 0.1) is 18.6 Å². The minimum atomic E-state index is -4.19. The van der Waals surface area contributed by atoms with Crippen LogP contribution in [0.2, 0.25) is 0 Å². The summed E-state index contributed by atoms with van der Waals surface area (Å²) >= 11 is 0. The van der Waals surface area contributed by atoms with E-state index in [0.717, 1.165) is 0 Å². The Morgan fingerprint density at radius 3 is 2.71 bits per heavy atom. The monoisotopic (exact) mass is 302 g/mol. The summed E-state index contributed by atoms with van der Waals surface area (Å²) in [6, 6.07) is 2.62. The average Bonchev–Trinajstić information content (AvgIpc) is 2.47. The van der Waals surface area contributed by atoms with Gasteiger partial charge in [0.2, 0.25) is 5.88 Å². The summed E-state index contributed by atoms with van der Waals surface area (Å²) in [7, 11) is 1.46. The fourth-order valence-corrected chi connectivity index (χ4v) is 2.52. The van der Waals surface area contributed by atoms with Gasteiger partial charge in [-0.1, -0.05) is 6.42 Å². The molecular weight excluding hydrogens is 285 g/mol. The number of carbonyl (C=O) groups excluding carboxylic acids is 1. The predicted molar refractivity (Wildman–Crippen MR) is 70.1 cm³/mol. The third kappa shape index (κ3) is 4.09. The molecule has 0 aromatic carbocycles. The number of alkyl halides is 3. The van der Waals surface area contributed by atoms with Gasteiger partial charge >= 0.3 is 6.18 Å². The van der Waals surface area contributed by atoms with Crippen molar-refractivity contribution >= 4 is 5.91 Å². The maximum Gasteiger partial charge on any atom is 0.391 e. The van der Waals surface area contributed by atoms with Crippen molar-refractivity contribution in [3.63, 3.8) is 0 Å². The van der Waals surface area contributed by atoms with Gasteiger partial charge in [-0.25, -0.2) is 4.98 Å². The maximum atomic E-state index is 12.7. The van der Waals surface area contributed by atoms with Gasteiger partial charge in [-0.05, 0) is 25.3 Å². The van der Waals surface area contributed by atoms with Crippen molar-refractivity contribution < 1.29 is 22.7 Å². The highest BCUT2D eigenvalue weighted by Gasteiger charge is 2.42. The number of hydrogen-bond donors (Lipinski definition) is 1. The number of methoxy groups -OCH3 is 1. The fourth-order valence-electron chi connectivity index (χ4n) is 2.52. The number of pyridine rings is 1. The highest BCUT2D eigenvalue weighted by Crippen LogP contribution is 2.37. The number of amides is 1. The Balaban J connectivity index is 1.95. The molecule has 0 saturated heterocycles. The normalized spacial score (nSPS) is 22.7. The molecule has 1 fully saturated rings. The lowest BCUT2D eigenvalue weighted by molar-refractivity contribution is -0.183. The molecule has 0 aliphatic heterocycles. The van der Waals surface area contributed by atoms with Crippen molar-refractivity contribution in [2.24, 2.45) is 5.92 Å². The standard InChI is InChI=1S/C14H17F3N2O2/c1-21-12-6-5-9(8-18-12)13(20)19-11-4-2-3-10(7-11)14(15,16)17/h5-6,8,10-11H,2-4,7H2,1H3,(H,19,20)/t10-,11+/m1/s1. The van der Waals surface area contributed by atoms with E-state index in [1.54, 1.807) is 0 Å². The number of nitrogens with zero attached hydrogens (tertiary/aromatic N) is 1. The Labute approximate surface area is 120 Å². The van der Waals surface area contributed by atoms with Crippen LogP contribution >= 0.6 is 0 Å². The van der Waals surface area contributed by atoms with Gasteiger partial charge in [-0.15, -0.1) is 0 Å². The van der Waals surface area contributed by atoms with E-state index >= 15 is 0 Å². The first-order chi connectivity index (χ1) is 9.90. The van der Waals surface area contributed by atoms with E-state index in [2.05, 4.69) is 10.3 Å². The quantitative estimate of drug-likeness (QED) is 0.934. The van der Waals surface area contributed by atoms with Crippen LogP contribution in [0.4, 0.5) is 13.2 Å². The van der Waals surface area contributed by atoms with Crippen LogP contribution in [0.25, 0.3) is 0 Å². The molecule has 116 valence electrons. The molecule has 1 saturated carbocycles. The zero-order valence-corrected chi connectivity index (χ0v) is 11.6. The summed E-state index contributed by atoms with van der Waals surface area (Å²) in [6.45, 7) is 0. The van der Waals surface area contributed by atoms with Crippen LogP contribution in [-0.4, -0.2) is 30.2 Å². The first-order valence-electron chi connectivity index (χ1n) is 6.77. The van der Waals surface area contributed by atoms with Crippen molar-refractivity contribution in [3.05, 3.63) is 23.9 Å². The lowest BCUT2D eigenvalue weighted by Crippen LogP contribution is -2.41. The van der Waals surface area contributed by atoms with E-state index in [-0.39, 0.29) is 12.8 Å². The molecule has 1 N–H and O–H groups in total. The second-order valence-corrected chi connectivity index (χ2v) is 5.16. The average molecular weight is 302 g/mol. The number of rotatable bonds is 3. The van der Waals surface area contributed by atoms with E-state index in [9.17, 15) is 18.0 Å². The number of aromatic nitrogens is 1. The molecule has 0 radical (unpaired) electrons. The Kier molecular flexibility index (Phi) is 4.69. The molecule has 1 aliphatic carbocycles. The van der Waals surface area contributed by atoms with Crippen LogP contribution in [0.5, 0.6) is 5.88 Å². The maximum absolute atomic E-state index is 12.7. The van der Waals surface area contributed by atoms with Gasteiger partial charge in [-0.2, -0.15) is 13.2 Å². The van der Waals surface area contributed by atoms with Gasteiger partial charge in [-0.3, -0.25) is 4.79 Å². The van der Waals surface area contributed by atoms with Gasteiger partial charge in [0.1, 0.15) is 0 Å². The topological polar surface area (TPSA) is 51.2 Å². The number of hydrogen-bond acceptors (Lipinski definition) is 3. The molecule has 0 unspecified atom stereocenters. The van der Waals surface area contributed by atoms with Crippen LogP contribution in [0.1, 0.15) is 36.0 Å². The smallest absolute Gasteiger partial charge is 0.391 e. The Bertz CT molecular complexity index is 488. The van der Waals surface area contributed by atoms with Crippen molar-refractivity contribution in [2.45, 2.75) is 37.9 Å². The molecule has 0 spiro atoms. The van der Waals surface area contributed by atoms with Gasteiger partial charge in [0, 0.05) is 18.3 Å². The highest BCUT2D eigenvalue weighted by molar-refractivity contribution is 5.94. The molecule has 1 amide bonds. The first-order valence-corrected chi connectivity index (χ1v) is 6.77. The zero-order valence-electron chi connectivity index (χ0n) is 11.6. The number of nitrogens with one attached hydrogen (secondary N) is 1. The Hall–Kier alpha value is -1.79. The number of carbonyl (C=O) groups is 1. The summed E-state index contributed by atoms with van der Waals surface area (Å²) < 4.78 is 43.0. The Morgan fingerprint density at radius 1 is 1.38 bits per heavy atom. The molecule has 4 nitrogen and oxygen atoms in total. The molecule has 21 heavy (non-hydrogen) atoms. The van der Waals surface area contributed by atoms with E-state index in [1.807, 2.05) is 0 Å². The van der Waals surface area contributed by atoms with Crippen molar-refractivity contribution in [1.29, 1.82) is 0 Å². The number of ether oxygens (including phenoxy) is 1. The SMILES string of the molecule is COc1ccc(C(=O)N[C@H]2CCC[C@@H](C(F)(F)F)C2)cn1. The van der Waals surface area contributed by atoms with Gasteiger partial charge in [0.25, 0.3) is 5.91 Å². The molecule has 1 aromatic heterocycles. The van der Waals surface area contributed by atoms with Crippen molar-refractivity contribution in [2.75, 3.05) is 7.11 Å². The first kappa shape index (κ1) is 15.6. The Morgan fingerprint density at radius 2 is 2.14 bits per heavy atom. The van der Waals surface area contributed by atoms with E-state index in [4.69, 9.17) is 4.74 Å². The summed E-state index contributed by atoms with van der Waals surface area (Å²) in [4.78, 5) is 15.9. The lowest BCUT2D eigenvalue weighted by Gasteiger charge is -2.31. The molecule has 0 bridgehead atoms. The van der Waals surface area contributed by atoms with Crippen LogP contribution < -0.4 is 10.1 Å². The molecule has 2 rings (SSSR count). The van der Waals surface area contributed by atoms with Crippen LogP contribution in [0.3, 0.4) is 0 Å². The van der Waals surface area contributed by atoms with Crippen molar-refractivity contribution in [1.82, 2.24) is 10.3 Å². The highest BCUT2D eigenvalue weighted by atomic mass is 19.4. The van der Waals surface area contributed by atoms with E-state index in [1.165, 1.54) is 25.4 Å². The summed E-state index contributed by atoms with van der Waals surface area (Å²) in [5, 5.41) is 2.65. The van der Waals surface area contributed by atoms with E-state index in [0.29, 0.717) is 24.3 Å². The largest absolute Gasteiger partial charge is 0.481 e. The molecule has 1 aliphatic rings. The second-order valence-electron chi connectivity index (χ2n) is 5.16. The zero-order chi connectivity index (χ0) is 15.5. The third-order valence-electron chi connectivity index (χ3n) is 3.68. The minimum Gasteiger partial charge on any atom is -0.481 e. The summed E-state index contributed by atoms with van der Waals surface area (Å²) in [6.07, 6.45) is -1.72. The van der Waals surface area contributed by atoms with Gasteiger partial charge < -0.3 is 10.1 Å². The third-order valence-corrected chi connectivity index (χ3v) is 3.68. The molecular formula is C14H17F3N2O2. The molecule has 1 aromatic rings. The van der Waals surface area contributed by atoms with E-state index < -0.39 is 24.0 Å². The number of halogens is 3. The molecule has 1 heterocycles. The van der Waals surface area contributed by atoms with Gasteiger partial charge in [0.15, 0.2) is 0 Å². The predicted octanol–water partition coefficient (Wildman–Crippen LogP) is 2.94. The van der Waals surface area contributed by atoms with Crippen LogP contribution in [0.15, 0.2) is 18.3 Å². The summed E-state index contributed by atoms with van der Waals surface area (Å²) in [5.74, 6) is -1.36. The summed E-state index contributed by atoms with van der Waals surface area (Å²) in [5.41, 5.74) is 0.310. The van der Waals surface area contributed by atoms with Crippen LogP contribution in [-0.2, 0) is 0 Å². The molecule has 2 atom stereocenters. The molecule has 7 heteroatoms. The second kappa shape index (κ2) is 6.32.